The van der Waals surface area contributed by atoms with Crippen molar-refractivity contribution in [2.24, 2.45) is 5.92 Å². The number of hydrogen-bond acceptors (Lipinski definition) is 1. The molecular formula is C10H15N. The molecule has 60 valence electrons. The lowest BCUT2D eigenvalue weighted by atomic mass is 9.83. The van der Waals surface area contributed by atoms with Gasteiger partial charge < -0.3 is 5.32 Å². The molecule has 0 saturated heterocycles. The lowest BCUT2D eigenvalue weighted by Crippen LogP contribution is -2.41. The van der Waals surface area contributed by atoms with Crippen LogP contribution >= 0.6 is 0 Å². The molecular weight excluding hydrogens is 134 g/mol. The Balaban J connectivity index is 2.08. The van der Waals surface area contributed by atoms with E-state index in [0.717, 1.165) is 5.92 Å². The first-order chi connectivity index (χ1) is 5.35. The zero-order valence-corrected chi connectivity index (χ0v) is 6.90. The van der Waals surface area contributed by atoms with Crippen molar-refractivity contribution in [2.45, 2.75) is 44.1 Å². The van der Waals surface area contributed by atoms with Gasteiger partial charge in [0.1, 0.15) is 0 Å². The molecule has 0 unspecified atom stereocenters. The second-order valence-electron chi connectivity index (χ2n) is 4.05. The summed E-state index contributed by atoms with van der Waals surface area (Å²) in [6.07, 6.45) is 13.4. The van der Waals surface area contributed by atoms with Crippen molar-refractivity contribution in [3.05, 3.63) is 0 Å². The van der Waals surface area contributed by atoms with E-state index in [-0.39, 0.29) is 0 Å². The van der Waals surface area contributed by atoms with Gasteiger partial charge in [-0.05, 0) is 31.6 Å². The van der Waals surface area contributed by atoms with Crippen molar-refractivity contribution in [1.29, 1.82) is 0 Å². The van der Waals surface area contributed by atoms with Gasteiger partial charge in [-0.15, -0.1) is 0 Å². The van der Waals surface area contributed by atoms with E-state index in [4.69, 9.17) is 6.42 Å². The number of hydrogen-bond donors (Lipinski definition) is 1. The Bertz CT molecular complexity index is 188. The third-order valence-electron chi connectivity index (χ3n) is 3.32. The van der Waals surface area contributed by atoms with Gasteiger partial charge in [-0.3, -0.25) is 0 Å². The van der Waals surface area contributed by atoms with Gasteiger partial charge in [-0.1, -0.05) is 19.3 Å². The summed E-state index contributed by atoms with van der Waals surface area (Å²) < 4.78 is 0. The molecule has 0 aromatic rings. The Hall–Kier alpha value is -0.640. The lowest BCUT2D eigenvalue weighted by molar-refractivity contribution is 0.277. The van der Waals surface area contributed by atoms with E-state index in [0.29, 0.717) is 5.54 Å². The fourth-order valence-electron chi connectivity index (χ4n) is 2.77. The largest absolute Gasteiger partial charge is 0.340 e. The van der Waals surface area contributed by atoms with Crippen molar-refractivity contribution in [2.75, 3.05) is 0 Å². The SMILES string of the molecule is C#CN[C@]12CCC[C@@H](CC1)C2. The molecule has 0 spiro atoms. The Morgan fingerprint density at radius 2 is 2.27 bits per heavy atom. The Kier molecular flexibility index (Phi) is 1.56. The van der Waals surface area contributed by atoms with Gasteiger partial charge in [0.15, 0.2) is 0 Å². The average molecular weight is 149 g/mol. The lowest BCUT2D eigenvalue weighted by Gasteiger charge is -2.32. The quantitative estimate of drug-likeness (QED) is 0.443. The molecule has 2 atom stereocenters. The van der Waals surface area contributed by atoms with Crippen LogP contribution in [0.5, 0.6) is 0 Å². The summed E-state index contributed by atoms with van der Waals surface area (Å²) in [5.74, 6) is 0.976. The van der Waals surface area contributed by atoms with Crippen LogP contribution in [0.4, 0.5) is 0 Å². The molecule has 0 amide bonds. The van der Waals surface area contributed by atoms with E-state index in [1.165, 1.54) is 38.5 Å². The first-order valence-corrected chi connectivity index (χ1v) is 4.57. The van der Waals surface area contributed by atoms with Crippen LogP contribution in [-0.4, -0.2) is 5.54 Å². The van der Waals surface area contributed by atoms with Crippen LogP contribution in [0.3, 0.4) is 0 Å². The van der Waals surface area contributed by atoms with Crippen LogP contribution in [-0.2, 0) is 0 Å². The van der Waals surface area contributed by atoms with Crippen molar-refractivity contribution in [1.82, 2.24) is 5.32 Å². The van der Waals surface area contributed by atoms with Gasteiger partial charge in [0.25, 0.3) is 0 Å². The first kappa shape index (κ1) is 7.03. The van der Waals surface area contributed by atoms with E-state index < -0.39 is 0 Å². The molecule has 11 heavy (non-hydrogen) atoms. The highest BCUT2D eigenvalue weighted by Crippen LogP contribution is 2.44. The molecule has 2 saturated carbocycles. The van der Waals surface area contributed by atoms with Crippen molar-refractivity contribution in [3.63, 3.8) is 0 Å². The molecule has 0 aromatic heterocycles. The van der Waals surface area contributed by atoms with E-state index in [1.54, 1.807) is 0 Å². The predicted octanol–water partition coefficient (Wildman–Crippen LogP) is 1.89. The summed E-state index contributed by atoms with van der Waals surface area (Å²) in [4.78, 5) is 0. The fourth-order valence-corrected chi connectivity index (χ4v) is 2.77. The normalized spacial score (nSPS) is 41.5. The van der Waals surface area contributed by atoms with Crippen LogP contribution in [0, 0.1) is 18.4 Å². The predicted molar refractivity (Wildman–Crippen MR) is 45.9 cm³/mol. The van der Waals surface area contributed by atoms with E-state index in [1.807, 2.05) is 0 Å². The second kappa shape index (κ2) is 2.44. The molecule has 2 fully saturated rings. The van der Waals surface area contributed by atoms with Crippen LogP contribution in [0.15, 0.2) is 0 Å². The van der Waals surface area contributed by atoms with Gasteiger partial charge in [0, 0.05) is 11.6 Å². The van der Waals surface area contributed by atoms with Crippen molar-refractivity contribution < 1.29 is 0 Å². The number of fused-ring (bicyclic) bond motifs is 2. The van der Waals surface area contributed by atoms with Gasteiger partial charge in [0.2, 0.25) is 0 Å². The molecule has 2 aliphatic carbocycles. The smallest absolute Gasteiger partial charge is 0.0452 e. The highest BCUT2D eigenvalue weighted by atomic mass is 15.0. The zero-order valence-electron chi connectivity index (χ0n) is 6.90. The molecule has 0 heterocycles. The Morgan fingerprint density at radius 3 is 3.09 bits per heavy atom. The second-order valence-corrected chi connectivity index (χ2v) is 4.05. The topological polar surface area (TPSA) is 12.0 Å². The highest BCUT2D eigenvalue weighted by Gasteiger charge is 2.41. The maximum Gasteiger partial charge on any atom is 0.0452 e. The van der Waals surface area contributed by atoms with E-state index >= 15 is 0 Å². The molecule has 1 N–H and O–H groups in total. The minimum Gasteiger partial charge on any atom is -0.340 e. The van der Waals surface area contributed by atoms with E-state index in [9.17, 15) is 0 Å². The first-order valence-electron chi connectivity index (χ1n) is 4.57. The summed E-state index contributed by atoms with van der Waals surface area (Å²) in [6.45, 7) is 0. The van der Waals surface area contributed by atoms with Crippen LogP contribution < -0.4 is 5.32 Å². The Morgan fingerprint density at radius 1 is 1.36 bits per heavy atom. The summed E-state index contributed by atoms with van der Waals surface area (Å²) in [7, 11) is 0. The fraction of sp³-hybridized carbons (Fsp3) is 0.800. The van der Waals surface area contributed by atoms with Crippen molar-refractivity contribution in [3.8, 4) is 12.5 Å². The molecule has 0 radical (unpaired) electrons. The highest BCUT2D eigenvalue weighted by molar-refractivity contribution is 5.04. The molecule has 2 aliphatic rings. The minimum atomic E-state index is 0.359. The molecule has 1 nitrogen and oxygen atoms in total. The summed E-state index contributed by atoms with van der Waals surface area (Å²) in [6, 6.07) is 2.61. The third-order valence-corrected chi connectivity index (χ3v) is 3.32. The molecule has 2 rings (SSSR count). The van der Waals surface area contributed by atoms with Gasteiger partial charge in [0.05, 0.1) is 0 Å². The molecule has 0 aliphatic heterocycles. The van der Waals surface area contributed by atoms with Crippen LogP contribution in [0.2, 0.25) is 0 Å². The maximum absolute atomic E-state index is 5.28. The maximum atomic E-state index is 5.28. The molecule has 0 aromatic carbocycles. The number of nitrogens with one attached hydrogen (secondary N) is 1. The summed E-state index contributed by atoms with van der Waals surface area (Å²) >= 11 is 0. The number of rotatable bonds is 1. The van der Waals surface area contributed by atoms with Crippen LogP contribution in [0.1, 0.15) is 38.5 Å². The number of terminal acetylenes is 1. The third kappa shape index (κ3) is 1.11. The summed E-state index contributed by atoms with van der Waals surface area (Å²) in [5.41, 5.74) is 0.359. The molecule has 1 heteroatoms. The van der Waals surface area contributed by atoms with Gasteiger partial charge in [-0.2, -0.15) is 0 Å². The monoisotopic (exact) mass is 149 g/mol. The zero-order chi connectivity index (χ0) is 7.73. The summed E-state index contributed by atoms with van der Waals surface area (Å²) in [5, 5.41) is 3.22. The average Bonchev–Trinajstić information content (AvgIpc) is 2.28. The van der Waals surface area contributed by atoms with E-state index in [2.05, 4.69) is 11.4 Å². The standard InChI is InChI=1S/C10H15N/c1-2-11-10-6-3-4-9(8-10)5-7-10/h1,9,11H,3-8H2/t9-,10+/m0/s1. The Labute approximate surface area is 68.6 Å². The van der Waals surface area contributed by atoms with Crippen molar-refractivity contribution >= 4 is 0 Å². The van der Waals surface area contributed by atoms with Gasteiger partial charge in [-0.25, -0.2) is 0 Å². The van der Waals surface area contributed by atoms with Gasteiger partial charge >= 0.3 is 0 Å². The minimum absolute atomic E-state index is 0.359. The van der Waals surface area contributed by atoms with Crippen LogP contribution in [0.25, 0.3) is 0 Å². The molecule has 2 bridgehead atoms.